The number of ether oxygens (including phenoxy) is 1. The van der Waals surface area contributed by atoms with Crippen LogP contribution in [0.5, 0.6) is 0 Å². The summed E-state index contributed by atoms with van der Waals surface area (Å²) < 4.78 is 5.15. The molecule has 0 radical (unpaired) electrons. The number of carbonyl (C=O) groups excluding carboxylic acids is 1. The number of nitrogens with zero attached hydrogens (tertiary/aromatic N) is 2. The highest BCUT2D eigenvalue weighted by atomic mass is 35.5. The molecule has 1 saturated heterocycles. The molecule has 142 valence electrons. The molecule has 1 aliphatic heterocycles. The van der Waals surface area contributed by atoms with Crippen molar-refractivity contribution in [3.63, 3.8) is 0 Å². The van der Waals surface area contributed by atoms with Gasteiger partial charge in [-0.1, -0.05) is 23.7 Å². The lowest BCUT2D eigenvalue weighted by Crippen LogP contribution is -2.48. The van der Waals surface area contributed by atoms with Crippen LogP contribution in [0.15, 0.2) is 29.3 Å². The van der Waals surface area contributed by atoms with Crippen LogP contribution in [0.4, 0.5) is 0 Å². The lowest BCUT2D eigenvalue weighted by Gasteiger charge is -2.34. The molecule has 0 unspecified atom stereocenters. The standard InChI is InChI=1S/C20H28ClN3O2/c1-3-26-18(25)15-7-11-24(12-8-15)19(22-2)23-14-20(9-10-20)16-5-4-6-17(21)13-16/h4-6,13,15H,3,7-12,14H2,1-2H3,(H,22,23). The topological polar surface area (TPSA) is 53.9 Å². The second-order valence-electron chi connectivity index (χ2n) is 7.20. The molecule has 26 heavy (non-hydrogen) atoms. The first-order valence-corrected chi connectivity index (χ1v) is 9.84. The summed E-state index contributed by atoms with van der Waals surface area (Å²) in [5.74, 6) is 0.874. The number of nitrogens with one attached hydrogen (secondary N) is 1. The van der Waals surface area contributed by atoms with Crippen LogP contribution in [0.3, 0.4) is 0 Å². The van der Waals surface area contributed by atoms with E-state index in [-0.39, 0.29) is 17.3 Å². The van der Waals surface area contributed by atoms with Crippen LogP contribution in [-0.4, -0.2) is 50.1 Å². The van der Waals surface area contributed by atoms with E-state index in [4.69, 9.17) is 16.3 Å². The third kappa shape index (κ3) is 4.32. The second kappa shape index (κ2) is 8.30. The van der Waals surface area contributed by atoms with Gasteiger partial charge in [0.05, 0.1) is 12.5 Å². The predicted molar refractivity (Wildman–Crippen MR) is 105 cm³/mol. The number of benzene rings is 1. The van der Waals surface area contributed by atoms with Crippen molar-refractivity contribution >= 4 is 23.5 Å². The molecule has 1 aromatic carbocycles. The zero-order valence-corrected chi connectivity index (χ0v) is 16.4. The van der Waals surface area contributed by atoms with Crippen molar-refractivity contribution in [1.82, 2.24) is 10.2 Å². The summed E-state index contributed by atoms with van der Waals surface area (Å²) in [4.78, 5) is 18.6. The number of aliphatic imine (C=N–C) groups is 1. The van der Waals surface area contributed by atoms with Crippen LogP contribution < -0.4 is 5.32 Å². The monoisotopic (exact) mass is 377 g/mol. The highest BCUT2D eigenvalue weighted by Crippen LogP contribution is 2.48. The van der Waals surface area contributed by atoms with E-state index in [1.165, 1.54) is 18.4 Å². The Hall–Kier alpha value is -1.75. The van der Waals surface area contributed by atoms with Crippen LogP contribution in [0.1, 0.15) is 38.2 Å². The Balaban J connectivity index is 1.54. The Kier molecular flexibility index (Phi) is 6.07. The largest absolute Gasteiger partial charge is 0.466 e. The Bertz CT molecular complexity index is 665. The second-order valence-corrected chi connectivity index (χ2v) is 7.64. The van der Waals surface area contributed by atoms with Gasteiger partial charge in [-0.25, -0.2) is 0 Å². The smallest absolute Gasteiger partial charge is 0.309 e. The van der Waals surface area contributed by atoms with Crippen molar-refractivity contribution in [2.75, 3.05) is 33.3 Å². The van der Waals surface area contributed by atoms with E-state index in [0.717, 1.165) is 43.5 Å². The molecule has 0 bridgehead atoms. The van der Waals surface area contributed by atoms with Crippen molar-refractivity contribution in [2.45, 2.75) is 38.0 Å². The number of piperidine rings is 1. The van der Waals surface area contributed by atoms with Crippen LogP contribution in [0, 0.1) is 5.92 Å². The number of guanidine groups is 1. The Morgan fingerprint density at radius 2 is 2.12 bits per heavy atom. The fourth-order valence-electron chi connectivity index (χ4n) is 3.70. The minimum atomic E-state index is -0.0620. The molecule has 1 aromatic rings. The van der Waals surface area contributed by atoms with Crippen molar-refractivity contribution in [3.05, 3.63) is 34.9 Å². The summed E-state index contributed by atoms with van der Waals surface area (Å²) in [6.07, 6.45) is 3.97. The molecule has 0 amide bonds. The van der Waals surface area contributed by atoms with E-state index in [2.05, 4.69) is 27.3 Å². The molecule has 0 spiro atoms. The third-order valence-electron chi connectivity index (χ3n) is 5.50. The molecule has 2 fully saturated rings. The van der Waals surface area contributed by atoms with Gasteiger partial charge in [-0.05, 0) is 50.3 Å². The minimum absolute atomic E-state index is 0.0190. The third-order valence-corrected chi connectivity index (χ3v) is 5.74. The zero-order valence-electron chi connectivity index (χ0n) is 15.6. The average molecular weight is 378 g/mol. The number of hydrogen-bond acceptors (Lipinski definition) is 3. The highest BCUT2D eigenvalue weighted by Gasteiger charge is 2.44. The fourth-order valence-corrected chi connectivity index (χ4v) is 3.89. The molecule has 0 atom stereocenters. The molecule has 2 aliphatic rings. The van der Waals surface area contributed by atoms with Gasteiger partial charge in [-0.2, -0.15) is 0 Å². The molecule has 1 N–H and O–H groups in total. The number of hydrogen-bond donors (Lipinski definition) is 1. The van der Waals surface area contributed by atoms with Gasteiger partial charge < -0.3 is 15.0 Å². The molecular weight excluding hydrogens is 350 g/mol. The van der Waals surface area contributed by atoms with Crippen LogP contribution >= 0.6 is 11.6 Å². The van der Waals surface area contributed by atoms with Crippen molar-refractivity contribution < 1.29 is 9.53 Å². The zero-order chi connectivity index (χ0) is 18.6. The van der Waals surface area contributed by atoms with Gasteiger partial charge in [0, 0.05) is 37.1 Å². The van der Waals surface area contributed by atoms with E-state index >= 15 is 0 Å². The fraction of sp³-hybridized carbons (Fsp3) is 0.600. The van der Waals surface area contributed by atoms with Crippen LogP contribution in [-0.2, 0) is 14.9 Å². The van der Waals surface area contributed by atoms with Gasteiger partial charge in [0.2, 0.25) is 0 Å². The number of esters is 1. The first-order valence-electron chi connectivity index (χ1n) is 9.46. The normalized spacial score (nSPS) is 20.0. The molecular formula is C20H28ClN3O2. The summed E-state index contributed by atoms with van der Waals surface area (Å²) in [6.45, 7) is 4.82. The van der Waals surface area contributed by atoms with E-state index in [0.29, 0.717) is 6.61 Å². The molecule has 5 nitrogen and oxygen atoms in total. The van der Waals surface area contributed by atoms with Crippen molar-refractivity contribution in [2.24, 2.45) is 10.9 Å². The quantitative estimate of drug-likeness (QED) is 0.486. The SMILES string of the molecule is CCOC(=O)C1CCN(C(=NC)NCC2(c3cccc(Cl)c3)CC2)CC1. The highest BCUT2D eigenvalue weighted by molar-refractivity contribution is 6.30. The Morgan fingerprint density at radius 1 is 1.38 bits per heavy atom. The molecule has 1 saturated carbocycles. The minimum Gasteiger partial charge on any atom is -0.466 e. The van der Waals surface area contributed by atoms with Crippen molar-refractivity contribution in [1.29, 1.82) is 0 Å². The van der Waals surface area contributed by atoms with Gasteiger partial charge >= 0.3 is 5.97 Å². The molecule has 3 rings (SSSR count). The number of carbonyl (C=O) groups is 1. The average Bonchev–Trinajstić information content (AvgIpc) is 3.44. The molecule has 0 aromatic heterocycles. The molecule has 1 aliphatic carbocycles. The van der Waals surface area contributed by atoms with Gasteiger partial charge in [-0.15, -0.1) is 0 Å². The van der Waals surface area contributed by atoms with Crippen molar-refractivity contribution in [3.8, 4) is 0 Å². The van der Waals surface area contributed by atoms with Crippen LogP contribution in [0.25, 0.3) is 0 Å². The predicted octanol–water partition coefficient (Wildman–Crippen LogP) is 3.22. The van der Waals surface area contributed by atoms with E-state index in [9.17, 15) is 4.79 Å². The summed E-state index contributed by atoms with van der Waals surface area (Å²) in [6, 6.07) is 8.17. The maximum Gasteiger partial charge on any atom is 0.309 e. The molecule has 1 heterocycles. The first-order chi connectivity index (χ1) is 12.6. The van der Waals surface area contributed by atoms with Gasteiger partial charge in [0.1, 0.15) is 0 Å². The summed E-state index contributed by atoms with van der Waals surface area (Å²) in [7, 11) is 1.82. The van der Waals surface area contributed by atoms with Crippen LogP contribution in [0.2, 0.25) is 5.02 Å². The lowest BCUT2D eigenvalue weighted by atomic mass is 9.95. The number of halogens is 1. The van der Waals surface area contributed by atoms with Gasteiger partial charge in [0.15, 0.2) is 5.96 Å². The Labute approximate surface area is 160 Å². The lowest BCUT2D eigenvalue weighted by molar-refractivity contribution is -0.149. The van der Waals surface area contributed by atoms with E-state index in [1.54, 1.807) is 0 Å². The van der Waals surface area contributed by atoms with E-state index < -0.39 is 0 Å². The maximum absolute atomic E-state index is 11.9. The summed E-state index contributed by atoms with van der Waals surface area (Å²) in [5, 5.41) is 4.34. The van der Waals surface area contributed by atoms with E-state index in [1.807, 2.05) is 26.1 Å². The summed E-state index contributed by atoms with van der Waals surface area (Å²) >= 11 is 6.16. The first kappa shape index (κ1) is 19.0. The number of likely N-dealkylation sites (tertiary alicyclic amines) is 1. The maximum atomic E-state index is 11.9. The van der Waals surface area contributed by atoms with Gasteiger partial charge in [-0.3, -0.25) is 9.79 Å². The number of rotatable bonds is 5. The van der Waals surface area contributed by atoms with Gasteiger partial charge in [0.25, 0.3) is 0 Å². The summed E-state index contributed by atoms with van der Waals surface area (Å²) in [5.41, 5.74) is 1.47. The molecule has 6 heteroatoms. The Morgan fingerprint density at radius 3 is 2.69 bits per heavy atom.